The predicted octanol–water partition coefficient (Wildman–Crippen LogP) is 8.16. The number of nitriles is 3. The number of aromatic nitrogens is 6. The Balaban J connectivity index is 0.000000152. The lowest BCUT2D eigenvalue weighted by atomic mass is 9.96. The molecule has 6 aromatic rings. The van der Waals surface area contributed by atoms with E-state index in [1.807, 2.05) is 18.2 Å². The van der Waals surface area contributed by atoms with Gasteiger partial charge in [0.2, 0.25) is 17.7 Å². The number of nitrogens with one attached hydrogen (secondary N) is 3. The lowest BCUT2D eigenvalue weighted by molar-refractivity contribution is -0.135. The number of pyridine rings is 6. The molecule has 612 valence electrons. The predicted molar refractivity (Wildman–Crippen MR) is 424 cm³/mol. The number of urea groups is 3. The van der Waals surface area contributed by atoms with Crippen LogP contribution in [-0.2, 0) is 101 Å². The first kappa shape index (κ1) is 83.3. The fraction of sp³-hybridized carbons (Fsp3) is 0.500. The monoisotopic (exact) mass is 1600 g/mol. The van der Waals surface area contributed by atoms with E-state index in [4.69, 9.17) is 28.4 Å². The summed E-state index contributed by atoms with van der Waals surface area (Å²) >= 11 is 0. The van der Waals surface area contributed by atoms with E-state index in [9.17, 15) is 58.9 Å². The maximum Gasteiger partial charge on any atom is 0.328 e. The molecule has 9 amide bonds. The molecule has 33 heteroatoms. The third-order valence-corrected chi connectivity index (χ3v) is 22.7. The zero-order chi connectivity index (χ0) is 82.1. The van der Waals surface area contributed by atoms with Gasteiger partial charge in [0, 0.05) is 155 Å². The lowest BCUT2D eigenvalue weighted by Gasteiger charge is -2.29. The van der Waals surface area contributed by atoms with E-state index in [1.54, 1.807) is 54.0 Å². The summed E-state index contributed by atoms with van der Waals surface area (Å²) < 4.78 is 32.4. The number of nitrogens with zero attached hydrogens (tertiary/aromatic N) is 15. The number of aldehydes is 3. The number of hydrogen-bond donors (Lipinski definition) is 3. The van der Waals surface area contributed by atoms with Crippen molar-refractivity contribution >= 4 is 89.6 Å². The molecule has 33 nitrogen and oxygen atoms in total. The Hall–Kier alpha value is -11.6. The fourth-order valence-corrected chi connectivity index (χ4v) is 16.3. The summed E-state index contributed by atoms with van der Waals surface area (Å²) in [6, 6.07) is 16.2. The number of carbonyl (C=O) groups is 9. The van der Waals surface area contributed by atoms with Crippen LogP contribution in [-0.4, -0.2) is 219 Å². The van der Waals surface area contributed by atoms with Crippen molar-refractivity contribution in [1.82, 2.24) is 44.6 Å². The highest BCUT2D eigenvalue weighted by Gasteiger charge is 2.35. The molecule has 9 aliphatic rings. The van der Waals surface area contributed by atoms with Crippen molar-refractivity contribution in [3.05, 3.63) is 139 Å². The van der Waals surface area contributed by atoms with Crippen molar-refractivity contribution in [2.75, 3.05) is 151 Å². The summed E-state index contributed by atoms with van der Waals surface area (Å²) in [6.07, 6.45) is 17.7. The second-order valence-electron chi connectivity index (χ2n) is 31.0. The number of ether oxygens (including phenoxy) is 6. The maximum absolute atomic E-state index is 13.3. The number of carbonyl (C=O) groups excluding carboxylic acids is 9. The van der Waals surface area contributed by atoms with Gasteiger partial charge in [-0.3, -0.25) is 59.4 Å². The van der Waals surface area contributed by atoms with Crippen molar-refractivity contribution in [3.8, 4) is 18.2 Å². The third-order valence-electron chi connectivity index (χ3n) is 22.7. The summed E-state index contributed by atoms with van der Waals surface area (Å²) in [7, 11) is 5.15. The summed E-state index contributed by atoms with van der Waals surface area (Å²) in [4.78, 5) is 150. The van der Waals surface area contributed by atoms with Gasteiger partial charge in [-0.2, -0.15) is 15.8 Å². The van der Waals surface area contributed by atoms with Gasteiger partial charge in [0.25, 0.3) is 0 Å². The minimum Gasteiger partial charge on any atom is -0.381 e. The van der Waals surface area contributed by atoms with Gasteiger partial charge >= 0.3 is 18.1 Å². The molecule has 0 radical (unpaired) electrons. The van der Waals surface area contributed by atoms with Crippen molar-refractivity contribution in [1.29, 1.82) is 15.8 Å². The third kappa shape index (κ3) is 20.4. The number of amides is 9. The van der Waals surface area contributed by atoms with Crippen LogP contribution >= 0.6 is 0 Å². The molecule has 6 aromatic heterocycles. The minimum atomic E-state index is -0.408. The van der Waals surface area contributed by atoms with Gasteiger partial charge in [0.15, 0.2) is 18.9 Å². The van der Waals surface area contributed by atoms with E-state index in [0.29, 0.717) is 242 Å². The van der Waals surface area contributed by atoms with E-state index < -0.39 is 18.1 Å². The molecule has 0 saturated carbocycles. The number of rotatable bonds is 21. The van der Waals surface area contributed by atoms with E-state index in [1.165, 1.54) is 33.3 Å². The van der Waals surface area contributed by atoms with Gasteiger partial charge in [-0.15, -0.1) is 0 Å². The zero-order valence-electron chi connectivity index (χ0n) is 66.1. The van der Waals surface area contributed by atoms with Crippen LogP contribution in [0.2, 0.25) is 0 Å². The second kappa shape index (κ2) is 39.3. The number of hydrogen-bond acceptors (Lipinski definition) is 24. The van der Waals surface area contributed by atoms with Crippen LogP contribution in [0.3, 0.4) is 0 Å². The molecule has 9 aliphatic heterocycles. The van der Waals surface area contributed by atoms with Crippen LogP contribution in [0.15, 0.2) is 55.0 Å². The molecule has 6 saturated heterocycles. The van der Waals surface area contributed by atoms with Crippen molar-refractivity contribution in [2.24, 2.45) is 35.5 Å². The van der Waals surface area contributed by atoms with E-state index in [-0.39, 0.29) is 72.2 Å². The topological polar surface area (TPSA) is 413 Å². The normalized spacial score (nSPS) is 20.3. The zero-order valence-corrected chi connectivity index (χ0v) is 66.1. The van der Waals surface area contributed by atoms with Gasteiger partial charge in [0.1, 0.15) is 70.2 Å². The molecular formula is C84H96N18O15. The highest BCUT2D eigenvalue weighted by Crippen LogP contribution is 2.35. The molecule has 117 heavy (non-hydrogen) atoms. The van der Waals surface area contributed by atoms with Crippen LogP contribution in [0, 0.1) is 69.5 Å². The Bertz CT molecular complexity index is 4360. The van der Waals surface area contributed by atoms with E-state index in [2.05, 4.69) is 64.1 Å². The minimum absolute atomic E-state index is 0.0159. The van der Waals surface area contributed by atoms with Crippen LogP contribution in [0.4, 0.5) is 49.3 Å². The summed E-state index contributed by atoms with van der Waals surface area (Å²) in [6.45, 7) is 9.18. The molecule has 0 spiro atoms. The Labute approximate surface area is 677 Å². The molecule has 6 fully saturated rings. The second-order valence-corrected chi connectivity index (χ2v) is 31.0. The SMILES string of the molecule is CN(Cc1cc2c(nc1C=O)N(C(=O)Nc1cc(C[C@@H]3CCOC3)c(C#N)cn1)CCC2)C(=O)[C@@H]1CCOC1.CN(Cc1cc2c(nc1C=O)N(C(=O)Nc1cc(C[C@@H]3CCOC3)c(C#N)cn1)CCC2)C(=O)[C@H]1CCOC1.CN(Cc1cc2c(nc1C=O)N(C(=O)Nc1cc(C[C@H]3CCOC3)c(C#N)cn1)CCC2)C(=O)[C@@H]1CCOC1. The van der Waals surface area contributed by atoms with Crippen LogP contribution in [0.25, 0.3) is 0 Å². The van der Waals surface area contributed by atoms with Crippen LogP contribution in [0.5, 0.6) is 0 Å². The largest absolute Gasteiger partial charge is 0.381 e. The quantitative estimate of drug-likeness (QED) is 0.0572. The highest BCUT2D eigenvalue weighted by atomic mass is 16.5. The number of anilines is 6. The van der Waals surface area contributed by atoms with E-state index >= 15 is 0 Å². The van der Waals surface area contributed by atoms with Gasteiger partial charge in [0.05, 0.1) is 54.3 Å². The maximum atomic E-state index is 13.3. The molecule has 0 aliphatic carbocycles. The van der Waals surface area contributed by atoms with Gasteiger partial charge in [-0.05, 0) is 184 Å². The Kier molecular flexibility index (Phi) is 28.0. The smallest absolute Gasteiger partial charge is 0.328 e. The lowest BCUT2D eigenvalue weighted by Crippen LogP contribution is -2.40. The van der Waals surface area contributed by atoms with Crippen molar-refractivity contribution < 1.29 is 71.6 Å². The fourth-order valence-electron chi connectivity index (χ4n) is 16.3. The van der Waals surface area contributed by atoms with Gasteiger partial charge in [-0.1, -0.05) is 0 Å². The average Bonchev–Trinajstić information content (AvgIpc) is 1.14. The Morgan fingerprint density at radius 3 is 0.923 bits per heavy atom. The molecule has 0 unspecified atom stereocenters. The molecular weight excluding hydrogens is 1500 g/mol. The molecule has 0 aromatic carbocycles. The van der Waals surface area contributed by atoms with Crippen LogP contribution < -0.4 is 30.7 Å². The summed E-state index contributed by atoms with van der Waals surface area (Å²) in [5, 5.41) is 37.1. The van der Waals surface area contributed by atoms with Crippen molar-refractivity contribution in [3.63, 3.8) is 0 Å². The van der Waals surface area contributed by atoms with E-state index in [0.717, 1.165) is 91.7 Å². The van der Waals surface area contributed by atoms with Gasteiger partial charge < -0.3 is 43.1 Å². The van der Waals surface area contributed by atoms with Gasteiger partial charge in [-0.25, -0.2) is 44.3 Å². The summed E-state index contributed by atoms with van der Waals surface area (Å²) in [5.74, 6) is 2.79. The Morgan fingerprint density at radius 1 is 0.410 bits per heavy atom. The molecule has 15 rings (SSSR count). The van der Waals surface area contributed by atoms with Crippen molar-refractivity contribution in [2.45, 2.75) is 116 Å². The highest BCUT2D eigenvalue weighted by molar-refractivity contribution is 6.03. The average molecular weight is 1600 g/mol. The molecule has 15 heterocycles. The molecule has 6 atom stereocenters. The molecule has 0 bridgehead atoms. The summed E-state index contributed by atoms with van der Waals surface area (Å²) in [5.41, 5.74) is 9.01. The number of aryl methyl sites for hydroxylation is 3. The first-order valence-electron chi connectivity index (χ1n) is 40.0. The Morgan fingerprint density at radius 2 is 0.684 bits per heavy atom. The first-order valence-corrected chi connectivity index (χ1v) is 40.0. The first-order chi connectivity index (χ1) is 56.9. The van der Waals surface area contributed by atoms with Crippen LogP contribution in [0.1, 0.15) is 156 Å². The molecule has 3 N–H and O–H groups in total. The number of fused-ring (bicyclic) bond motifs is 3. The standard InChI is InChI=1S/3C28H32N6O5/c3*1-33(27(36)20-5-8-39-17-20)14-22-10-19-3-2-6-34(26(19)31-24(22)15-35)28(37)32-25-11-21(23(12-29)13-30-25)9-18-4-7-38-16-18/h3*10-11,13,15,18,20H,2-9,14,16-17H2,1H3,(H,30,32,37)/t18-,20+;2*18-,20-/m010/s1.